The highest BCUT2D eigenvalue weighted by atomic mass is 32.2. The van der Waals surface area contributed by atoms with E-state index in [2.05, 4.69) is 17.2 Å². The van der Waals surface area contributed by atoms with E-state index in [-0.39, 0.29) is 4.90 Å². The minimum Gasteiger partial charge on any atom is -0.351 e. The third kappa shape index (κ3) is 5.32. The molecule has 0 aliphatic heterocycles. The van der Waals surface area contributed by atoms with Crippen LogP contribution in [-0.4, -0.2) is 52.6 Å². The average Bonchev–Trinajstić information content (AvgIpc) is 3.02. The molecule has 0 spiro atoms. The summed E-state index contributed by atoms with van der Waals surface area (Å²) >= 11 is 1.20. The Bertz CT molecular complexity index is 1020. The quantitative estimate of drug-likeness (QED) is 0.530. The second-order valence-corrected chi connectivity index (χ2v) is 10.00. The van der Waals surface area contributed by atoms with Gasteiger partial charge in [0.05, 0.1) is 21.2 Å². The number of fused-ring (bicyclic) bond motifs is 1. The van der Waals surface area contributed by atoms with Gasteiger partial charge >= 0.3 is 6.03 Å². The molecule has 0 saturated heterocycles. The molecule has 0 radical (unpaired) electrons. The topological polar surface area (TPSA) is 127 Å². The van der Waals surface area contributed by atoms with Gasteiger partial charge in [0.25, 0.3) is 0 Å². The fourth-order valence-electron chi connectivity index (χ4n) is 3.02. The second kappa shape index (κ2) is 10.3. The lowest BCUT2D eigenvalue weighted by Crippen LogP contribution is -2.39. The number of amides is 3. The van der Waals surface area contributed by atoms with Crippen LogP contribution in [0.1, 0.15) is 40.5 Å². The highest BCUT2D eigenvalue weighted by Gasteiger charge is 2.24. The number of urea groups is 1. The van der Waals surface area contributed by atoms with E-state index in [0.29, 0.717) is 30.3 Å². The number of rotatable bonds is 10. The van der Waals surface area contributed by atoms with Crippen molar-refractivity contribution in [1.82, 2.24) is 19.2 Å². The second-order valence-electron chi connectivity index (χ2n) is 6.75. The molecule has 3 N–H and O–H groups in total. The summed E-state index contributed by atoms with van der Waals surface area (Å²) < 4.78 is 29.1. The molecule has 2 rings (SSSR count). The van der Waals surface area contributed by atoms with Crippen molar-refractivity contribution < 1.29 is 18.0 Å². The van der Waals surface area contributed by atoms with Crippen LogP contribution in [0.15, 0.2) is 28.3 Å². The Balaban J connectivity index is 2.47. The standard InChI is InChI=1S/C19H29N5O4S2/c1-5-8-11-24-16-10-9-14(30(27,28)23(6-2)7-3)12-15(16)21-19(24)29-13(4)17(25)22-18(20)26/h9-10,12-13H,5-8,11H2,1-4H3,(H3,20,22,25,26)/t13-/m1/s1. The monoisotopic (exact) mass is 455 g/mol. The smallest absolute Gasteiger partial charge is 0.318 e. The highest BCUT2D eigenvalue weighted by Crippen LogP contribution is 2.30. The lowest BCUT2D eigenvalue weighted by atomic mass is 10.3. The van der Waals surface area contributed by atoms with Crippen molar-refractivity contribution in [3.05, 3.63) is 18.2 Å². The zero-order valence-corrected chi connectivity index (χ0v) is 19.3. The molecule has 166 valence electrons. The predicted octanol–water partition coefficient (Wildman–Crippen LogP) is 2.54. The van der Waals surface area contributed by atoms with Gasteiger partial charge in [-0.05, 0) is 31.5 Å². The Hall–Kier alpha value is -2.11. The number of nitrogens with two attached hydrogens (primary N) is 1. The number of thioether (sulfide) groups is 1. The minimum atomic E-state index is -3.60. The van der Waals surface area contributed by atoms with Gasteiger partial charge in [-0.3, -0.25) is 10.1 Å². The SMILES string of the molecule is CCCCn1c(S[C@H](C)C(=O)NC(N)=O)nc2cc(S(=O)(=O)N(CC)CC)ccc21. The number of imidazole rings is 1. The molecular formula is C19H29N5O4S2. The number of aryl methyl sites for hydroxylation is 1. The number of unbranched alkanes of at least 4 members (excludes halogenated alkanes) is 1. The first-order valence-electron chi connectivity index (χ1n) is 9.93. The molecule has 30 heavy (non-hydrogen) atoms. The van der Waals surface area contributed by atoms with Gasteiger partial charge in [-0.2, -0.15) is 4.31 Å². The van der Waals surface area contributed by atoms with Crippen molar-refractivity contribution in [2.75, 3.05) is 13.1 Å². The molecule has 1 atom stereocenters. The number of hydrogen-bond donors (Lipinski definition) is 2. The lowest BCUT2D eigenvalue weighted by Gasteiger charge is -2.18. The number of carbonyl (C=O) groups is 2. The molecule has 0 aliphatic rings. The molecule has 3 amide bonds. The first kappa shape index (κ1) is 24.2. The third-order valence-corrected chi connectivity index (χ3v) is 7.80. The van der Waals surface area contributed by atoms with E-state index < -0.39 is 27.2 Å². The van der Waals surface area contributed by atoms with Crippen molar-refractivity contribution in [3.8, 4) is 0 Å². The van der Waals surface area contributed by atoms with E-state index in [1.165, 1.54) is 16.1 Å². The van der Waals surface area contributed by atoms with Crippen molar-refractivity contribution in [3.63, 3.8) is 0 Å². The van der Waals surface area contributed by atoms with Crippen molar-refractivity contribution in [1.29, 1.82) is 0 Å². The molecule has 0 unspecified atom stereocenters. The fourth-order valence-corrected chi connectivity index (χ4v) is 5.45. The predicted molar refractivity (Wildman–Crippen MR) is 118 cm³/mol. The summed E-state index contributed by atoms with van der Waals surface area (Å²) in [5.74, 6) is -0.508. The number of hydrogen-bond acceptors (Lipinski definition) is 6. The number of primary amides is 1. The third-order valence-electron chi connectivity index (χ3n) is 4.66. The summed E-state index contributed by atoms with van der Waals surface area (Å²) in [6.45, 7) is 8.78. The van der Waals surface area contributed by atoms with Crippen LogP contribution < -0.4 is 11.1 Å². The maximum Gasteiger partial charge on any atom is 0.318 e. The molecule has 11 heteroatoms. The van der Waals surface area contributed by atoms with Crippen LogP contribution in [0.3, 0.4) is 0 Å². The summed E-state index contributed by atoms with van der Waals surface area (Å²) in [6, 6.07) is 4.02. The van der Waals surface area contributed by atoms with E-state index >= 15 is 0 Å². The zero-order chi connectivity index (χ0) is 22.5. The number of sulfonamides is 1. The summed E-state index contributed by atoms with van der Waals surface area (Å²) in [7, 11) is -3.60. The van der Waals surface area contributed by atoms with Gasteiger partial charge in [0, 0.05) is 19.6 Å². The van der Waals surface area contributed by atoms with Gasteiger partial charge in [-0.25, -0.2) is 18.2 Å². The van der Waals surface area contributed by atoms with Crippen molar-refractivity contribution in [2.45, 2.75) is 62.4 Å². The number of aromatic nitrogens is 2. The number of benzene rings is 1. The average molecular weight is 456 g/mol. The molecule has 2 aromatic rings. The van der Waals surface area contributed by atoms with Crippen LogP contribution in [0, 0.1) is 0 Å². The largest absolute Gasteiger partial charge is 0.351 e. The van der Waals surface area contributed by atoms with Crippen LogP contribution >= 0.6 is 11.8 Å². The van der Waals surface area contributed by atoms with Crippen LogP contribution in [0.25, 0.3) is 11.0 Å². The van der Waals surface area contributed by atoms with E-state index in [0.717, 1.165) is 18.4 Å². The van der Waals surface area contributed by atoms with Gasteiger partial charge in [-0.1, -0.05) is 39.0 Å². The summed E-state index contributed by atoms with van der Waals surface area (Å²) in [6.07, 6.45) is 1.87. The zero-order valence-electron chi connectivity index (χ0n) is 17.7. The normalized spacial score (nSPS) is 13.0. The van der Waals surface area contributed by atoms with Crippen LogP contribution in [0.2, 0.25) is 0 Å². The van der Waals surface area contributed by atoms with Crippen LogP contribution in [0.5, 0.6) is 0 Å². The maximum atomic E-state index is 12.9. The molecule has 1 aromatic heterocycles. The molecule has 9 nitrogen and oxygen atoms in total. The Morgan fingerprint density at radius 1 is 1.27 bits per heavy atom. The van der Waals surface area contributed by atoms with Gasteiger partial charge < -0.3 is 10.3 Å². The summed E-state index contributed by atoms with van der Waals surface area (Å²) in [4.78, 5) is 27.8. The Morgan fingerprint density at radius 3 is 2.50 bits per heavy atom. The van der Waals surface area contributed by atoms with E-state index in [1.807, 2.05) is 4.57 Å². The van der Waals surface area contributed by atoms with Gasteiger partial charge in [-0.15, -0.1) is 0 Å². The molecule has 0 aliphatic carbocycles. The van der Waals surface area contributed by atoms with Gasteiger partial charge in [0.1, 0.15) is 0 Å². The Kier molecular flexibility index (Phi) is 8.27. The molecule has 0 fully saturated rings. The number of nitrogens with zero attached hydrogens (tertiary/aromatic N) is 3. The molecule has 1 heterocycles. The summed E-state index contributed by atoms with van der Waals surface area (Å²) in [5, 5.41) is 2.05. The first-order chi connectivity index (χ1) is 14.1. The fraction of sp³-hybridized carbons (Fsp3) is 0.526. The maximum absolute atomic E-state index is 12.9. The summed E-state index contributed by atoms with van der Waals surface area (Å²) in [5.41, 5.74) is 6.37. The first-order valence-corrected chi connectivity index (χ1v) is 12.2. The van der Waals surface area contributed by atoms with Crippen molar-refractivity contribution >= 4 is 44.8 Å². The van der Waals surface area contributed by atoms with E-state index in [1.54, 1.807) is 39.0 Å². The van der Waals surface area contributed by atoms with Crippen molar-refractivity contribution in [2.24, 2.45) is 5.73 Å². The highest BCUT2D eigenvalue weighted by molar-refractivity contribution is 8.00. The van der Waals surface area contributed by atoms with E-state index in [9.17, 15) is 18.0 Å². The van der Waals surface area contributed by atoms with Crippen LogP contribution in [-0.2, 0) is 21.4 Å². The number of carbonyl (C=O) groups excluding carboxylic acids is 2. The molecular weight excluding hydrogens is 426 g/mol. The molecule has 1 aromatic carbocycles. The Labute approximate surface area is 181 Å². The number of imide groups is 1. The minimum absolute atomic E-state index is 0.190. The Morgan fingerprint density at radius 2 is 1.93 bits per heavy atom. The van der Waals surface area contributed by atoms with Gasteiger partial charge in [0.2, 0.25) is 15.9 Å². The van der Waals surface area contributed by atoms with E-state index in [4.69, 9.17) is 5.73 Å². The lowest BCUT2D eigenvalue weighted by molar-refractivity contribution is -0.119. The van der Waals surface area contributed by atoms with Gasteiger partial charge in [0.15, 0.2) is 5.16 Å². The molecule has 0 saturated carbocycles. The number of nitrogens with one attached hydrogen (secondary N) is 1. The molecule has 0 bridgehead atoms. The van der Waals surface area contributed by atoms with Crippen LogP contribution in [0.4, 0.5) is 4.79 Å².